The van der Waals surface area contributed by atoms with Gasteiger partial charge in [-0.25, -0.2) is 0 Å². The number of halogens is 1. The average molecular weight is 202 g/mol. The number of nitriles is 1. The number of alkyl halides is 1. The van der Waals surface area contributed by atoms with Crippen LogP contribution in [-0.2, 0) is 5.88 Å². The van der Waals surface area contributed by atoms with Gasteiger partial charge in [-0.2, -0.15) is 5.26 Å². The summed E-state index contributed by atoms with van der Waals surface area (Å²) in [6, 6.07) is 13.8. The normalized spacial score (nSPS) is 10.0. The summed E-state index contributed by atoms with van der Waals surface area (Å²) >= 11 is 5.74. The maximum Gasteiger partial charge on any atom is 0.0998 e. The van der Waals surface area contributed by atoms with Crippen LogP contribution in [-0.4, -0.2) is 0 Å². The van der Waals surface area contributed by atoms with E-state index in [9.17, 15) is 0 Å². The Labute approximate surface area is 87.5 Å². The molecule has 2 aromatic rings. The number of rotatable bonds is 1. The Hall–Kier alpha value is -1.52. The Kier molecular flexibility index (Phi) is 2.39. The van der Waals surface area contributed by atoms with E-state index < -0.39 is 0 Å². The minimum atomic E-state index is 0.482. The summed E-state index contributed by atoms with van der Waals surface area (Å²) in [7, 11) is 0. The fourth-order valence-electron chi connectivity index (χ4n) is 1.50. The molecule has 2 aromatic carbocycles. The van der Waals surface area contributed by atoms with Gasteiger partial charge >= 0.3 is 0 Å². The molecule has 2 heteroatoms. The summed E-state index contributed by atoms with van der Waals surface area (Å²) in [6.07, 6.45) is 0. The second-order valence-electron chi connectivity index (χ2n) is 3.11. The molecule has 0 saturated carbocycles. The van der Waals surface area contributed by atoms with E-state index in [0.29, 0.717) is 11.4 Å². The fourth-order valence-corrected chi connectivity index (χ4v) is 1.67. The molecule has 0 fully saturated rings. The van der Waals surface area contributed by atoms with Crippen LogP contribution in [0.4, 0.5) is 0 Å². The summed E-state index contributed by atoms with van der Waals surface area (Å²) in [5, 5.41) is 11.0. The first kappa shape index (κ1) is 9.05. The largest absolute Gasteiger partial charge is 0.192 e. The molecule has 0 heterocycles. The van der Waals surface area contributed by atoms with Gasteiger partial charge < -0.3 is 0 Å². The van der Waals surface area contributed by atoms with Crippen LogP contribution in [0.3, 0.4) is 0 Å². The molecule has 0 N–H and O–H groups in total. The van der Waals surface area contributed by atoms with E-state index in [1.807, 2.05) is 36.4 Å². The van der Waals surface area contributed by atoms with E-state index in [1.54, 1.807) is 0 Å². The zero-order valence-electron chi connectivity index (χ0n) is 7.50. The highest BCUT2D eigenvalue weighted by atomic mass is 35.5. The second kappa shape index (κ2) is 3.69. The highest BCUT2D eigenvalue weighted by Gasteiger charge is 2.00. The van der Waals surface area contributed by atoms with Crippen LogP contribution in [0.5, 0.6) is 0 Å². The van der Waals surface area contributed by atoms with Crippen molar-refractivity contribution in [1.82, 2.24) is 0 Å². The third-order valence-corrected chi connectivity index (χ3v) is 2.53. The van der Waals surface area contributed by atoms with Crippen LogP contribution < -0.4 is 0 Å². The molecule has 1 nitrogen and oxygen atoms in total. The Bertz CT molecular complexity index is 511. The predicted molar refractivity (Wildman–Crippen MR) is 58.2 cm³/mol. The van der Waals surface area contributed by atoms with Crippen LogP contribution in [0, 0.1) is 11.3 Å². The van der Waals surface area contributed by atoms with Gasteiger partial charge in [0.15, 0.2) is 0 Å². The molecule has 14 heavy (non-hydrogen) atoms. The molecule has 0 aliphatic heterocycles. The molecule has 0 aliphatic carbocycles. The van der Waals surface area contributed by atoms with Gasteiger partial charge in [0.25, 0.3) is 0 Å². The first-order chi connectivity index (χ1) is 6.85. The van der Waals surface area contributed by atoms with E-state index >= 15 is 0 Å². The molecular weight excluding hydrogens is 194 g/mol. The lowest BCUT2D eigenvalue weighted by Gasteiger charge is -2.01. The minimum Gasteiger partial charge on any atom is -0.192 e. The van der Waals surface area contributed by atoms with Crippen molar-refractivity contribution >= 4 is 22.4 Å². The van der Waals surface area contributed by atoms with Crippen molar-refractivity contribution < 1.29 is 0 Å². The molecule has 68 valence electrons. The number of fused-ring (bicyclic) bond motifs is 1. The number of hydrogen-bond donors (Lipinski definition) is 0. The summed E-state index contributed by atoms with van der Waals surface area (Å²) in [5.41, 5.74) is 1.75. The highest BCUT2D eigenvalue weighted by Crippen LogP contribution is 2.20. The third kappa shape index (κ3) is 1.45. The van der Waals surface area contributed by atoms with Crippen molar-refractivity contribution in [2.24, 2.45) is 0 Å². The highest BCUT2D eigenvalue weighted by molar-refractivity contribution is 6.17. The van der Waals surface area contributed by atoms with Gasteiger partial charge in [-0.05, 0) is 28.5 Å². The van der Waals surface area contributed by atoms with E-state index in [-0.39, 0.29) is 0 Å². The molecule has 0 atom stereocenters. The zero-order chi connectivity index (χ0) is 9.97. The standard InChI is InChI=1S/C12H8ClN/c13-7-9-4-5-10-2-1-3-11(8-14)12(10)6-9/h1-6H,7H2. The minimum absolute atomic E-state index is 0.482. The van der Waals surface area contributed by atoms with Gasteiger partial charge in [0.1, 0.15) is 0 Å². The second-order valence-corrected chi connectivity index (χ2v) is 3.37. The van der Waals surface area contributed by atoms with E-state index in [1.165, 1.54) is 0 Å². The lowest BCUT2D eigenvalue weighted by molar-refractivity contribution is 1.42. The molecule has 0 aliphatic rings. The van der Waals surface area contributed by atoms with Gasteiger partial charge in [-0.3, -0.25) is 0 Å². The van der Waals surface area contributed by atoms with Crippen molar-refractivity contribution in [2.45, 2.75) is 5.88 Å². The maximum atomic E-state index is 8.92. The SMILES string of the molecule is N#Cc1cccc2ccc(CCl)cc12. The summed E-state index contributed by atoms with van der Waals surface area (Å²) in [5.74, 6) is 0.482. The molecule has 0 spiro atoms. The van der Waals surface area contributed by atoms with Gasteiger partial charge in [-0.1, -0.05) is 24.3 Å². The fraction of sp³-hybridized carbons (Fsp3) is 0.0833. The first-order valence-corrected chi connectivity index (χ1v) is 4.86. The topological polar surface area (TPSA) is 23.8 Å². The van der Waals surface area contributed by atoms with Crippen molar-refractivity contribution in [3.05, 3.63) is 47.5 Å². The molecule has 2 rings (SSSR count). The molecule has 0 amide bonds. The van der Waals surface area contributed by atoms with Gasteiger partial charge in [-0.15, -0.1) is 11.6 Å². The van der Waals surface area contributed by atoms with Crippen molar-refractivity contribution in [2.75, 3.05) is 0 Å². The maximum absolute atomic E-state index is 8.92. The number of benzene rings is 2. The van der Waals surface area contributed by atoms with Gasteiger partial charge in [0.2, 0.25) is 0 Å². The number of hydrogen-bond acceptors (Lipinski definition) is 1. The molecule has 0 bridgehead atoms. The Balaban J connectivity index is 2.78. The lowest BCUT2D eigenvalue weighted by atomic mass is 10.0. The molecule has 0 saturated heterocycles. The Morgan fingerprint density at radius 3 is 2.79 bits per heavy atom. The van der Waals surface area contributed by atoms with Crippen molar-refractivity contribution in [3.63, 3.8) is 0 Å². The van der Waals surface area contributed by atoms with Crippen LogP contribution in [0.2, 0.25) is 0 Å². The van der Waals surface area contributed by atoms with Gasteiger partial charge in [0.05, 0.1) is 11.6 Å². The van der Waals surface area contributed by atoms with Crippen LogP contribution in [0.1, 0.15) is 11.1 Å². The monoisotopic (exact) mass is 201 g/mol. The van der Waals surface area contributed by atoms with E-state index in [0.717, 1.165) is 16.3 Å². The predicted octanol–water partition coefficient (Wildman–Crippen LogP) is 3.45. The Morgan fingerprint density at radius 1 is 1.21 bits per heavy atom. The van der Waals surface area contributed by atoms with Crippen LogP contribution in [0.15, 0.2) is 36.4 Å². The quantitative estimate of drug-likeness (QED) is 0.649. The summed E-state index contributed by atoms with van der Waals surface area (Å²) in [4.78, 5) is 0. The van der Waals surface area contributed by atoms with Crippen molar-refractivity contribution in [1.29, 1.82) is 5.26 Å². The van der Waals surface area contributed by atoms with Gasteiger partial charge in [0, 0.05) is 5.88 Å². The molecule has 0 unspecified atom stereocenters. The lowest BCUT2D eigenvalue weighted by Crippen LogP contribution is -1.82. The molecular formula is C12H8ClN. The Morgan fingerprint density at radius 2 is 2.07 bits per heavy atom. The first-order valence-electron chi connectivity index (χ1n) is 4.33. The molecule has 0 aromatic heterocycles. The van der Waals surface area contributed by atoms with E-state index in [4.69, 9.17) is 16.9 Å². The smallest absolute Gasteiger partial charge is 0.0998 e. The summed E-state index contributed by atoms with van der Waals surface area (Å²) in [6.45, 7) is 0. The molecule has 0 radical (unpaired) electrons. The third-order valence-electron chi connectivity index (χ3n) is 2.22. The van der Waals surface area contributed by atoms with Crippen LogP contribution >= 0.6 is 11.6 Å². The van der Waals surface area contributed by atoms with Crippen molar-refractivity contribution in [3.8, 4) is 6.07 Å². The van der Waals surface area contributed by atoms with Crippen LogP contribution in [0.25, 0.3) is 10.8 Å². The summed E-state index contributed by atoms with van der Waals surface area (Å²) < 4.78 is 0. The number of nitrogens with zero attached hydrogens (tertiary/aromatic N) is 1. The zero-order valence-corrected chi connectivity index (χ0v) is 8.25. The average Bonchev–Trinajstić information content (AvgIpc) is 2.27. The van der Waals surface area contributed by atoms with E-state index in [2.05, 4.69) is 6.07 Å².